The van der Waals surface area contributed by atoms with Crippen LogP contribution in [-0.4, -0.2) is 26.3 Å². The number of nitrogens with one attached hydrogen (secondary N) is 1. The molecule has 0 saturated carbocycles. The second kappa shape index (κ2) is 4.59. The number of hydrogen-bond acceptors (Lipinski definition) is 3. The van der Waals surface area contributed by atoms with E-state index in [1.165, 1.54) is 6.07 Å². The molecular formula is C13H14F3NO2. The maximum Gasteiger partial charge on any atom is 0.416 e. The van der Waals surface area contributed by atoms with Gasteiger partial charge in [-0.2, -0.15) is 13.2 Å². The topological polar surface area (TPSA) is 30.5 Å². The molecule has 0 spiro atoms. The molecule has 1 aromatic carbocycles. The maximum absolute atomic E-state index is 13.2. The lowest BCUT2D eigenvalue weighted by Crippen LogP contribution is -2.21. The molecule has 2 heterocycles. The highest BCUT2D eigenvalue weighted by Crippen LogP contribution is 2.46. The van der Waals surface area contributed by atoms with Crippen LogP contribution in [0.3, 0.4) is 0 Å². The van der Waals surface area contributed by atoms with Crippen LogP contribution in [0.25, 0.3) is 0 Å². The van der Waals surface area contributed by atoms with Crippen molar-refractivity contribution in [2.45, 2.75) is 18.5 Å². The van der Waals surface area contributed by atoms with Crippen LogP contribution in [-0.2, 0) is 6.18 Å². The van der Waals surface area contributed by atoms with Crippen molar-refractivity contribution in [2.75, 3.05) is 26.3 Å². The number of fused-ring (bicyclic) bond motifs is 1. The van der Waals surface area contributed by atoms with Crippen molar-refractivity contribution in [3.63, 3.8) is 0 Å². The Morgan fingerprint density at radius 3 is 2.63 bits per heavy atom. The Morgan fingerprint density at radius 2 is 1.95 bits per heavy atom. The van der Waals surface area contributed by atoms with Crippen LogP contribution >= 0.6 is 0 Å². The van der Waals surface area contributed by atoms with Gasteiger partial charge in [-0.05, 0) is 25.1 Å². The van der Waals surface area contributed by atoms with Gasteiger partial charge in [-0.3, -0.25) is 0 Å². The van der Waals surface area contributed by atoms with Gasteiger partial charge in [0.05, 0.1) is 5.56 Å². The second-order valence-electron chi connectivity index (χ2n) is 4.74. The second-order valence-corrected chi connectivity index (χ2v) is 4.74. The van der Waals surface area contributed by atoms with Crippen molar-refractivity contribution in [3.05, 3.63) is 23.3 Å². The molecule has 1 aromatic rings. The predicted molar refractivity (Wildman–Crippen MR) is 62.7 cm³/mol. The van der Waals surface area contributed by atoms with E-state index >= 15 is 0 Å². The van der Waals surface area contributed by atoms with Gasteiger partial charge in [-0.15, -0.1) is 0 Å². The molecule has 2 aliphatic rings. The third-order valence-electron chi connectivity index (χ3n) is 3.52. The van der Waals surface area contributed by atoms with Gasteiger partial charge in [-0.25, -0.2) is 0 Å². The number of halogens is 3. The maximum atomic E-state index is 13.2. The third kappa shape index (κ3) is 2.25. The molecule has 104 valence electrons. The van der Waals surface area contributed by atoms with Crippen molar-refractivity contribution < 1.29 is 22.6 Å². The van der Waals surface area contributed by atoms with Gasteiger partial charge in [0, 0.05) is 18.0 Å². The lowest BCUT2D eigenvalue weighted by molar-refractivity contribution is -0.138. The number of alkyl halides is 3. The summed E-state index contributed by atoms with van der Waals surface area (Å²) in [5, 5.41) is 3.09. The number of benzene rings is 1. The molecule has 0 aromatic heterocycles. The Hall–Kier alpha value is -1.43. The lowest BCUT2D eigenvalue weighted by atomic mass is 9.91. The van der Waals surface area contributed by atoms with E-state index in [4.69, 9.17) is 9.47 Å². The molecule has 2 aliphatic heterocycles. The molecule has 0 amide bonds. The Labute approximate surface area is 108 Å². The molecule has 1 atom stereocenters. The van der Waals surface area contributed by atoms with Gasteiger partial charge in [0.25, 0.3) is 0 Å². The van der Waals surface area contributed by atoms with E-state index in [2.05, 4.69) is 5.32 Å². The van der Waals surface area contributed by atoms with Gasteiger partial charge in [0.2, 0.25) is 0 Å². The van der Waals surface area contributed by atoms with Gasteiger partial charge in [-0.1, -0.05) is 0 Å². The standard InChI is InChI=1S/C13H14F3NO2/c14-13(15,16)9-1-2-10-12(19-6-5-18-10)11(9)8-3-4-17-7-8/h1-2,8,17H,3-7H2. The summed E-state index contributed by atoms with van der Waals surface area (Å²) in [5.74, 6) is 0.518. The summed E-state index contributed by atoms with van der Waals surface area (Å²) in [5.41, 5.74) is -0.361. The normalized spacial score (nSPS) is 22.6. The largest absolute Gasteiger partial charge is 0.486 e. The van der Waals surface area contributed by atoms with Crippen LogP contribution in [0.1, 0.15) is 23.5 Å². The van der Waals surface area contributed by atoms with E-state index in [0.29, 0.717) is 31.9 Å². The van der Waals surface area contributed by atoms with Gasteiger partial charge < -0.3 is 14.8 Å². The first-order chi connectivity index (χ1) is 9.07. The minimum absolute atomic E-state index is 0.173. The number of rotatable bonds is 1. The van der Waals surface area contributed by atoms with Crippen LogP contribution in [0.15, 0.2) is 12.1 Å². The smallest absolute Gasteiger partial charge is 0.416 e. The molecule has 1 saturated heterocycles. The average molecular weight is 273 g/mol. The first kappa shape index (κ1) is 12.6. The molecule has 6 heteroatoms. The summed E-state index contributed by atoms with van der Waals surface area (Å²) in [7, 11) is 0. The SMILES string of the molecule is FC(F)(F)c1ccc2c(c1C1CCNC1)OCCO2. The van der Waals surface area contributed by atoms with Gasteiger partial charge >= 0.3 is 6.18 Å². The minimum atomic E-state index is -4.37. The van der Waals surface area contributed by atoms with Crippen molar-refractivity contribution in [1.82, 2.24) is 5.32 Å². The third-order valence-corrected chi connectivity index (χ3v) is 3.52. The first-order valence-electron chi connectivity index (χ1n) is 6.28. The fraction of sp³-hybridized carbons (Fsp3) is 0.538. The molecule has 1 fully saturated rings. The zero-order valence-corrected chi connectivity index (χ0v) is 10.2. The highest BCUT2D eigenvalue weighted by molar-refractivity contribution is 5.54. The van der Waals surface area contributed by atoms with Crippen molar-refractivity contribution in [3.8, 4) is 11.5 Å². The van der Waals surface area contributed by atoms with E-state index in [-0.39, 0.29) is 17.2 Å². The number of ether oxygens (including phenoxy) is 2. The predicted octanol–water partition coefficient (Wildman–Crippen LogP) is 2.55. The van der Waals surface area contributed by atoms with Crippen molar-refractivity contribution >= 4 is 0 Å². The van der Waals surface area contributed by atoms with E-state index < -0.39 is 11.7 Å². The summed E-state index contributed by atoms with van der Waals surface area (Å²) < 4.78 is 50.3. The van der Waals surface area contributed by atoms with Crippen LogP contribution in [0, 0.1) is 0 Å². The molecule has 1 N–H and O–H groups in total. The summed E-state index contributed by atoms with van der Waals surface area (Å²) in [4.78, 5) is 0. The lowest BCUT2D eigenvalue weighted by Gasteiger charge is -2.26. The monoisotopic (exact) mass is 273 g/mol. The van der Waals surface area contributed by atoms with E-state index in [9.17, 15) is 13.2 Å². The average Bonchev–Trinajstić information content (AvgIpc) is 2.89. The molecule has 19 heavy (non-hydrogen) atoms. The van der Waals surface area contributed by atoms with Gasteiger partial charge in [0.15, 0.2) is 11.5 Å². The zero-order chi connectivity index (χ0) is 13.5. The highest BCUT2D eigenvalue weighted by atomic mass is 19.4. The number of hydrogen-bond donors (Lipinski definition) is 1. The highest BCUT2D eigenvalue weighted by Gasteiger charge is 2.39. The molecule has 0 aliphatic carbocycles. The molecule has 0 radical (unpaired) electrons. The Bertz CT molecular complexity index is 482. The van der Waals surface area contributed by atoms with Crippen molar-refractivity contribution in [2.24, 2.45) is 0 Å². The summed E-state index contributed by atoms with van der Waals surface area (Å²) >= 11 is 0. The fourth-order valence-electron chi connectivity index (χ4n) is 2.69. The van der Waals surface area contributed by atoms with E-state index in [1.807, 2.05) is 0 Å². The quantitative estimate of drug-likeness (QED) is 0.853. The summed E-state index contributed by atoms with van der Waals surface area (Å²) in [6.07, 6.45) is -3.68. The fourth-order valence-corrected chi connectivity index (χ4v) is 2.69. The van der Waals surface area contributed by atoms with E-state index in [0.717, 1.165) is 12.6 Å². The summed E-state index contributed by atoms with van der Waals surface area (Å²) in [6, 6.07) is 2.45. The van der Waals surface area contributed by atoms with Crippen LogP contribution in [0.4, 0.5) is 13.2 Å². The van der Waals surface area contributed by atoms with Crippen LogP contribution in [0.5, 0.6) is 11.5 Å². The summed E-state index contributed by atoms with van der Waals surface area (Å²) in [6.45, 7) is 1.94. The minimum Gasteiger partial charge on any atom is -0.486 e. The Kier molecular flexibility index (Phi) is 3.05. The molecule has 1 unspecified atom stereocenters. The first-order valence-corrected chi connectivity index (χ1v) is 6.28. The van der Waals surface area contributed by atoms with Crippen molar-refractivity contribution in [1.29, 1.82) is 0 Å². The van der Waals surface area contributed by atoms with Crippen LogP contribution < -0.4 is 14.8 Å². The Balaban J connectivity index is 2.14. The van der Waals surface area contributed by atoms with E-state index in [1.54, 1.807) is 0 Å². The molecule has 0 bridgehead atoms. The molecule has 3 nitrogen and oxygen atoms in total. The molecule has 3 rings (SSSR count). The molecular weight excluding hydrogens is 259 g/mol. The van der Waals surface area contributed by atoms with Gasteiger partial charge in [0.1, 0.15) is 13.2 Å². The van der Waals surface area contributed by atoms with Crippen LogP contribution in [0.2, 0.25) is 0 Å². The Morgan fingerprint density at radius 1 is 1.16 bits per heavy atom. The zero-order valence-electron chi connectivity index (χ0n) is 10.2.